The summed E-state index contributed by atoms with van der Waals surface area (Å²) in [7, 11) is 0. The minimum atomic E-state index is -5.74. The van der Waals surface area contributed by atoms with Gasteiger partial charge in [-0.1, -0.05) is 6.58 Å². The van der Waals surface area contributed by atoms with Crippen LogP contribution in [0.15, 0.2) is 24.7 Å². The van der Waals surface area contributed by atoms with Gasteiger partial charge in [-0.25, -0.2) is 0 Å². The van der Waals surface area contributed by atoms with Crippen LogP contribution in [0.3, 0.4) is 0 Å². The molecule has 0 aromatic heterocycles. The normalized spacial score (nSPS) is 12.2. The Morgan fingerprint density at radius 2 is 1.50 bits per heavy atom. The molecule has 0 aliphatic heterocycles. The fourth-order valence-electron chi connectivity index (χ4n) is 0.425. The predicted molar refractivity (Wildman–Crippen MR) is 31.5 cm³/mol. The Morgan fingerprint density at radius 3 is 1.79 bits per heavy atom. The Balaban J connectivity index is 5.13. The number of alkyl halides is 4. The maximum atomic E-state index is 12.2. The molecular formula is C6H3F7O. The minimum Gasteiger partial charge on any atom is -0.436 e. The van der Waals surface area contributed by atoms with Crippen LogP contribution in [0.2, 0.25) is 0 Å². The van der Waals surface area contributed by atoms with Crippen molar-refractivity contribution in [2.45, 2.75) is 12.0 Å². The molecule has 0 saturated carbocycles. The first-order chi connectivity index (χ1) is 6.16. The summed E-state index contributed by atoms with van der Waals surface area (Å²) in [5.41, 5.74) is 0. The molecule has 0 atom stereocenters. The lowest BCUT2D eigenvalue weighted by atomic mass is 10.3. The third-order valence-electron chi connectivity index (χ3n) is 1.04. The Morgan fingerprint density at radius 1 is 1.07 bits per heavy atom. The lowest BCUT2D eigenvalue weighted by Crippen LogP contribution is -2.42. The highest BCUT2D eigenvalue weighted by atomic mass is 19.3. The van der Waals surface area contributed by atoms with Crippen LogP contribution in [-0.4, -0.2) is 12.0 Å². The minimum absolute atomic E-state index is 0.114. The zero-order chi connectivity index (χ0) is 11.6. The summed E-state index contributed by atoms with van der Waals surface area (Å²) >= 11 is 0. The van der Waals surface area contributed by atoms with Crippen LogP contribution in [0.4, 0.5) is 30.7 Å². The van der Waals surface area contributed by atoms with Gasteiger partial charge in [0.1, 0.15) is 0 Å². The number of ether oxygens (including phenoxy) is 1. The topological polar surface area (TPSA) is 9.23 Å². The van der Waals surface area contributed by atoms with Crippen molar-refractivity contribution in [1.29, 1.82) is 0 Å². The van der Waals surface area contributed by atoms with E-state index in [1.165, 1.54) is 0 Å². The van der Waals surface area contributed by atoms with Gasteiger partial charge < -0.3 is 4.74 Å². The van der Waals surface area contributed by atoms with Crippen molar-refractivity contribution in [3.8, 4) is 0 Å². The summed E-state index contributed by atoms with van der Waals surface area (Å²) in [6.07, 6.45) is -9.07. The van der Waals surface area contributed by atoms with Gasteiger partial charge in [0.25, 0.3) is 0 Å². The highest BCUT2D eigenvalue weighted by molar-refractivity contribution is 5.08. The van der Waals surface area contributed by atoms with Gasteiger partial charge in [0, 0.05) is 0 Å². The van der Waals surface area contributed by atoms with Crippen molar-refractivity contribution in [2.24, 2.45) is 0 Å². The Labute approximate surface area is 73.5 Å². The third-order valence-corrected chi connectivity index (χ3v) is 1.04. The van der Waals surface area contributed by atoms with Crippen LogP contribution in [0, 0.1) is 0 Å². The molecule has 82 valence electrons. The van der Waals surface area contributed by atoms with Crippen molar-refractivity contribution in [2.75, 3.05) is 0 Å². The van der Waals surface area contributed by atoms with E-state index in [1.54, 1.807) is 0 Å². The van der Waals surface area contributed by atoms with E-state index in [1.807, 2.05) is 0 Å². The van der Waals surface area contributed by atoms with Crippen LogP contribution in [0.5, 0.6) is 0 Å². The second-order valence-electron chi connectivity index (χ2n) is 1.95. The molecule has 0 aliphatic rings. The first-order valence-electron chi connectivity index (χ1n) is 2.92. The summed E-state index contributed by atoms with van der Waals surface area (Å²) < 4.78 is 86.2. The molecule has 0 rings (SSSR count). The lowest BCUT2D eigenvalue weighted by molar-refractivity contribution is -0.317. The Bertz CT molecular complexity index is 253. The van der Waals surface area contributed by atoms with Gasteiger partial charge in [-0.15, -0.1) is 0 Å². The van der Waals surface area contributed by atoms with Crippen LogP contribution in [0.1, 0.15) is 0 Å². The number of hydrogen-bond acceptors (Lipinski definition) is 1. The lowest BCUT2D eigenvalue weighted by Gasteiger charge is -2.22. The molecule has 0 bridgehead atoms. The van der Waals surface area contributed by atoms with Crippen LogP contribution < -0.4 is 0 Å². The smallest absolute Gasteiger partial charge is 0.436 e. The Hall–Kier alpha value is -1.21. The second-order valence-corrected chi connectivity index (χ2v) is 1.95. The van der Waals surface area contributed by atoms with E-state index in [4.69, 9.17) is 0 Å². The predicted octanol–water partition coefficient (Wildman–Crippen LogP) is 3.45. The van der Waals surface area contributed by atoms with Crippen molar-refractivity contribution in [1.82, 2.24) is 0 Å². The van der Waals surface area contributed by atoms with Gasteiger partial charge in [0.2, 0.25) is 5.83 Å². The van der Waals surface area contributed by atoms with Gasteiger partial charge in [-0.2, -0.15) is 30.7 Å². The van der Waals surface area contributed by atoms with E-state index in [9.17, 15) is 30.7 Å². The van der Waals surface area contributed by atoms with Gasteiger partial charge in [0.15, 0.2) is 0 Å². The van der Waals surface area contributed by atoms with Crippen molar-refractivity contribution < 1.29 is 35.5 Å². The van der Waals surface area contributed by atoms with Crippen LogP contribution >= 0.6 is 0 Å². The van der Waals surface area contributed by atoms with Gasteiger partial charge >= 0.3 is 18.1 Å². The molecule has 0 saturated heterocycles. The van der Waals surface area contributed by atoms with Crippen molar-refractivity contribution >= 4 is 0 Å². The van der Waals surface area contributed by atoms with E-state index < -0.39 is 23.9 Å². The summed E-state index contributed by atoms with van der Waals surface area (Å²) in [5, 5.41) is 0. The van der Waals surface area contributed by atoms with Crippen molar-refractivity contribution in [3.63, 3.8) is 0 Å². The van der Waals surface area contributed by atoms with Gasteiger partial charge in [0.05, 0.1) is 6.26 Å². The fourth-order valence-corrected chi connectivity index (χ4v) is 0.425. The standard InChI is InChI=1S/C6H3F7O/c1-2-14-6(12,13)5(10,11)3(7)4(8)9/h2H,1H2. The molecule has 0 aliphatic carbocycles. The molecule has 8 heteroatoms. The third kappa shape index (κ3) is 2.18. The number of hydrogen-bond donors (Lipinski definition) is 0. The van der Waals surface area contributed by atoms with E-state index in [2.05, 4.69) is 11.3 Å². The van der Waals surface area contributed by atoms with Crippen molar-refractivity contribution in [3.05, 3.63) is 24.7 Å². The largest absolute Gasteiger partial charge is 0.471 e. The summed E-state index contributed by atoms with van der Waals surface area (Å²) in [6.45, 7) is 2.50. The molecule has 0 aromatic carbocycles. The zero-order valence-corrected chi connectivity index (χ0v) is 6.34. The molecule has 14 heavy (non-hydrogen) atoms. The molecule has 0 heterocycles. The average Bonchev–Trinajstić information content (AvgIpc) is 2.02. The summed E-state index contributed by atoms with van der Waals surface area (Å²) in [4.78, 5) is 0. The maximum absolute atomic E-state index is 12.2. The number of rotatable bonds is 4. The van der Waals surface area contributed by atoms with E-state index in [0.29, 0.717) is 0 Å². The zero-order valence-electron chi connectivity index (χ0n) is 6.34. The maximum Gasteiger partial charge on any atom is 0.471 e. The summed E-state index contributed by atoms with van der Waals surface area (Å²) in [5.74, 6) is -9.27. The van der Waals surface area contributed by atoms with E-state index in [-0.39, 0.29) is 6.26 Å². The van der Waals surface area contributed by atoms with Crippen LogP contribution in [0.25, 0.3) is 0 Å². The molecule has 0 radical (unpaired) electrons. The summed E-state index contributed by atoms with van der Waals surface area (Å²) in [6, 6.07) is 0. The first kappa shape index (κ1) is 12.8. The molecule has 0 fully saturated rings. The molecule has 1 nitrogen and oxygen atoms in total. The Kier molecular flexibility index (Phi) is 3.55. The molecule has 0 unspecified atom stereocenters. The molecular weight excluding hydrogens is 221 g/mol. The first-order valence-corrected chi connectivity index (χ1v) is 2.92. The molecule has 0 spiro atoms. The van der Waals surface area contributed by atoms with E-state index in [0.717, 1.165) is 0 Å². The van der Waals surface area contributed by atoms with Gasteiger partial charge in [-0.3, -0.25) is 0 Å². The molecule has 0 amide bonds. The van der Waals surface area contributed by atoms with Crippen LogP contribution in [-0.2, 0) is 4.74 Å². The monoisotopic (exact) mass is 224 g/mol. The quantitative estimate of drug-likeness (QED) is 0.524. The second kappa shape index (κ2) is 3.89. The highest BCUT2D eigenvalue weighted by Gasteiger charge is 2.64. The average molecular weight is 224 g/mol. The molecule has 0 N–H and O–H groups in total. The van der Waals surface area contributed by atoms with E-state index >= 15 is 0 Å². The van der Waals surface area contributed by atoms with Gasteiger partial charge in [-0.05, 0) is 0 Å². The molecule has 0 aromatic rings. The number of halogens is 7. The highest BCUT2D eigenvalue weighted by Crippen LogP contribution is 2.43. The fraction of sp³-hybridized carbons (Fsp3) is 0.333. The SMILES string of the molecule is C=COC(F)(F)C(F)(F)C(F)=C(F)F.